The van der Waals surface area contributed by atoms with Crippen LogP contribution in [-0.2, 0) is 4.79 Å². The van der Waals surface area contributed by atoms with Crippen LogP contribution in [0.5, 0.6) is 0 Å². The van der Waals surface area contributed by atoms with Crippen molar-refractivity contribution in [3.63, 3.8) is 0 Å². The smallest absolute Gasteiger partial charge is 0.268 e. The van der Waals surface area contributed by atoms with Gasteiger partial charge in [0, 0.05) is 9.50 Å². The first kappa shape index (κ1) is 20.6. The third-order valence-corrected chi connectivity index (χ3v) is 5.95. The number of carbonyl (C=O) groups excluding carboxylic acids is 1. The van der Waals surface area contributed by atoms with Crippen LogP contribution >= 0.6 is 39.3 Å². The van der Waals surface area contributed by atoms with Crippen molar-refractivity contribution >= 4 is 68.3 Å². The number of para-hydroxylation sites is 1. The summed E-state index contributed by atoms with van der Waals surface area (Å²) in [6.45, 7) is 0. The fourth-order valence-electron chi connectivity index (χ4n) is 2.75. The zero-order valence-corrected chi connectivity index (χ0v) is 18.7. The molecule has 1 amide bonds. The molecule has 0 aliphatic carbocycles. The van der Waals surface area contributed by atoms with Crippen molar-refractivity contribution in [2.45, 2.75) is 0 Å². The molecule has 3 aromatic rings. The highest BCUT2D eigenvalue weighted by molar-refractivity contribution is 9.10. The topological polar surface area (TPSA) is 45.0 Å². The van der Waals surface area contributed by atoms with E-state index in [9.17, 15) is 4.79 Å². The van der Waals surface area contributed by atoms with Crippen molar-refractivity contribution in [1.29, 1.82) is 0 Å². The maximum Gasteiger partial charge on any atom is 0.271 e. The molecule has 1 aliphatic heterocycles. The Morgan fingerprint density at radius 3 is 2.27 bits per heavy atom. The quantitative estimate of drug-likeness (QED) is 0.232. The summed E-state index contributed by atoms with van der Waals surface area (Å²) >= 11 is 10.6. The van der Waals surface area contributed by atoms with Crippen LogP contribution < -0.4 is 4.90 Å². The molecule has 7 heteroatoms. The molecule has 1 saturated heterocycles. The first-order chi connectivity index (χ1) is 14.6. The molecule has 1 heterocycles. The Labute approximate surface area is 192 Å². The summed E-state index contributed by atoms with van der Waals surface area (Å²) in [5.74, 6) is -0.130. The molecule has 0 N–H and O–H groups in total. The molecule has 0 atom stereocenters. The molecule has 0 spiro atoms. The van der Waals surface area contributed by atoms with Gasteiger partial charge in [-0.3, -0.25) is 9.69 Å². The van der Waals surface area contributed by atoms with E-state index in [0.717, 1.165) is 21.3 Å². The highest BCUT2D eigenvalue weighted by Gasteiger charge is 2.34. The average molecular weight is 497 g/mol. The van der Waals surface area contributed by atoms with Crippen LogP contribution in [0, 0.1) is 0 Å². The lowest BCUT2D eigenvalue weighted by atomic mass is 10.2. The highest BCUT2D eigenvalue weighted by atomic mass is 79.9. The second-order valence-electron chi connectivity index (χ2n) is 6.32. The molecule has 3 aromatic carbocycles. The van der Waals surface area contributed by atoms with Crippen molar-refractivity contribution in [2.75, 3.05) is 4.90 Å². The van der Waals surface area contributed by atoms with Gasteiger partial charge < -0.3 is 0 Å². The number of anilines is 1. The molecule has 1 aliphatic rings. The summed E-state index contributed by atoms with van der Waals surface area (Å²) in [5, 5.41) is 9.68. The monoisotopic (exact) mass is 495 g/mol. The second-order valence-corrected chi connectivity index (χ2v) is 8.68. The molecule has 0 unspecified atom stereocenters. The van der Waals surface area contributed by atoms with Crippen LogP contribution in [0.2, 0.25) is 5.02 Å². The Kier molecular flexibility index (Phi) is 6.47. The van der Waals surface area contributed by atoms with E-state index in [2.05, 4.69) is 26.1 Å². The Morgan fingerprint density at radius 2 is 1.57 bits per heavy atom. The number of hydrogen-bond donors (Lipinski definition) is 0. The van der Waals surface area contributed by atoms with Crippen molar-refractivity contribution in [3.8, 4) is 0 Å². The van der Waals surface area contributed by atoms with Gasteiger partial charge in [-0.25, -0.2) is 0 Å². The van der Waals surface area contributed by atoms with Gasteiger partial charge in [0.25, 0.3) is 5.91 Å². The molecule has 30 heavy (non-hydrogen) atoms. The zero-order valence-electron chi connectivity index (χ0n) is 15.6. The largest absolute Gasteiger partial charge is 0.271 e. The van der Waals surface area contributed by atoms with E-state index in [1.54, 1.807) is 23.2 Å². The van der Waals surface area contributed by atoms with Crippen molar-refractivity contribution in [1.82, 2.24) is 0 Å². The number of halogens is 2. The number of hydrogen-bond acceptors (Lipinski definition) is 4. The predicted octanol–water partition coefficient (Wildman–Crippen LogP) is 6.61. The fraction of sp³-hybridized carbons (Fsp3) is 0. The van der Waals surface area contributed by atoms with Crippen LogP contribution in [0.15, 0.2) is 98.4 Å². The first-order valence-electron chi connectivity index (χ1n) is 9.01. The van der Waals surface area contributed by atoms with Crippen LogP contribution in [0.3, 0.4) is 0 Å². The third-order valence-electron chi connectivity index (χ3n) is 4.21. The predicted molar refractivity (Wildman–Crippen MR) is 130 cm³/mol. The number of carbonyl (C=O) groups is 1. The maximum atomic E-state index is 13.1. The molecule has 0 radical (unpaired) electrons. The van der Waals surface area contributed by atoms with E-state index < -0.39 is 0 Å². The Bertz CT molecular complexity index is 1140. The summed E-state index contributed by atoms with van der Waals surface area (Å²) < 4.78 is 0.986. The van der Waals surface area contributed by atoms with E-state index in [-0.39, 0.29) is 5.91 Å². The van der Waals surface area contributed by atoms with Gasteiger partial charge in [-0.05, 0) is 65.4 Å². The number of nitrogens with zero attached hydrogens (tertiary/aromatic N) is 3. The summed E-state index contributed by atoms with van der Waals surface area (Å²) in [6, 6.07) is 24.5. The Balaban J connectivity index is 1.66. The van der Waals surface area contributed by atoms with E-state index in [1.165, 1.54) is 11.8 Å². The minimum Gasteiger partial charge on any atom is -0.268 e. The van der Waals surface area contributed by atoms with Gasteiger partial charge in [0.2, 0.25) is 5.17 Å². The molecular formula is C23H15BrClN3OS. The van der Waals surface area contributed by atoms with Gasteiger partial charge in [-0.2, -0.15) is 5.10 Å². The lowest BCUT2D eigenvalue weighted by Crippen LogP contribution is -2.28. The van der Waals surface area contributed by atoms with Gasteiger partial charge in [-0.1, -0.05) is 70.0 Å². The summed E-state index contributed by atoms with van der Waals surface area (Å²) in [6.07, 6.45) is 3.49. The van der Waals surface area contributed by atoms with E-state index in [1.807, 2.05) is 72.8 Å². The second kappa shape index (κ2) is 9.43. The van der Waals surface area contributed by atoms with E-state index in [4.69, 9.17) is 11.6 Å². The van der Waals surface area contributed by atoms with Gasteiger partial charge in [-0.15, -0.1) is 5.10 Å². The van der Waals surface area contributed by atoms with Crippen molar-refractivity contribution < 1.29 is 4.79 Å². The molecule has 4 nitrogen and oxygen atoms in total. The van der Waals surface area contributed by atoms with Crippen molar-refractivity contribution in [3.05, 3.63) is 104 Å². The van der Waals surface area contributed by atoms with E-state index >= 15 is 0 Å². The van der Waals surface area contributed by atoms with Crippen LogP contribution in [0.4, 0.5) is 5.69 Å². The molecule has 1 fully saturated rings. The minimum atomic E-state index is -0.130. The molecule has 148 valence electrons. The first-order valence-corrected chi connectivity index (χ1v) is 11.0. The lowest BCUT2D eigenvalue weighted by molar-refractivity contribution is -0.113. The molecule has 0 saturated carbocycles. The number of amides is 1. The van der Waals surface area contributed by atoms with Gasteiger partial charge >= 0.3 is 0 Å². The van der Waals surface area contributed by atoms with Gasteiger partial charge in [0.15, 0.2) is 0 Å². The van der Waals surface area contributed by atoms with Gasteiger partial charge in [0.1, 0.15) is 0 Å². The SMILES string of the molecule is O=C1C(=Cc2ccc(Br)cc2)SC(=NN=Cc2ccc(Cl)cc2)N1c1ccccc1. The summed E-state index contributed by atoms with van der Waals surface area (Å²) in [4.78, 5) is 15.3. The van der Waals surface area contributed by atoms with E-state index in [0.29, 0.717) is 15.1 Å². The Morgan fingerprint density at radius 1 is 0.900 bits per heavy atom. The maximum absolute atomic E-state index is 13.1. The number of thioether (sulfide) groups is 1. The molecule has 0 bridgehead atoms. The van der Waals surface area contributed by atoms with Crippen LogP contribution in [0.25, 0.3) is 6.08 Å². The highest BCUT2D eigenvalue weighted by Crippen LogP contribution is 2.36. The van der Waals surface area contributed by atoms with Crippen LogP contribution in [0.1, 0.15) is 11.1 Å². The molecular weight excluding hydrogens is 482 g/mol. The fourth-order valence-corrected chi connectivity index (χ4v) is 4.08. The van der Waals surface area contributed by atoms with Crippen LogP contribution in [-0.4, -0.2) is 17.3 Å². The summed E-state index contributed by atoms with van der Waals surface area (Å²) in [7, 11) is 0. The standard InChI is InChI=1S/C23H15BrClN3OS/c24-18-10-6-16(7-11-18)14-21-22(29)28(20-4-2-1-3-5-20)23(30-21)27-26-15-17-8-12-19(25)13-9-17/h1-15H. The van der Waals surface area contributed by atoms with Crippen molar-refractivity contribution in [2.24, 2.45) is 10.2 Å². The minimum absolute atomic E-state index is 0.130. The lowest BCUT2D eigenvalue weighted by Gasteiger charge is -2.14. The third kappa shape index (κ3) is 4.90. The number of rotatable bonds is 4. The van der Waals surface area contributed by atoms with Gasteiger partial charge in [0.05, 0.1) is 16.8 Å². The molecule has 4 rings (SSSR count). The number of amidine groups is 1. The average Bonchev–Trinajstić information content (AvgIpc) is 3.07. The zero-order chi connectivity index (χ0) is 20.9. The summed E-state index contributed by atoms with van der Waals surface area (Å²) in [5.41, 5.74) is 2.55. The number of benzene rings is 3. The Hall–Kier alpha value is -2.67. The molecule has 0 aromatic heterocycles. The normalized spacial score (nSPS) is 16.9.